The highest BCUT2D eigenvalue weighted by molar-refractivity contribution is 9.10. The second-order valence-corrected chi connectivity index (χ2v) is 12.4. The molecule has 1 unspecified atom stereocenters. The zero-order valence-electron chi connectivity index (χ0n) is 23.3. The van der Waals surface area contributed by atoms with Crippen molar-refractivity contribution in [3.05, 3.63) is 184 Å². The maximum absolute atomic E-state index is 3.82. The quantitative estimate of drug-likeness (QED) is 0.187. The Hall–Kier alpha value is -4.92. The summed E-state index contributed by atoms with van der Waals surface area (Å²) in [7, 11) is 0. The van der Waals surface area contributed by atoms with Crippen molar-refractivity contribution in [3.63, 3.8) is 0 Å². The van der Waals surface area contributed by atoms with E-state index in [9.17, 15) is 0 Å². The van der Waals surface area contributed by atoms with Gasteiger partial charge in [-0.1, -0.05) is 137 Å². The number of nitrogens with zero attached hydrogens (tertiary/aromatic N) is 1. The first-order valence-corrected chi connectivity index (χ1v) is 15.5. The van der Waals surface area contributed by atoms with Crippen LogP contribution in [-0.4, -0.2) is 4.57 Å². The molecule has 0 aliphatic heterocycles. The number of fused-ring (bicyclic) bond motifs is 8. The van der Waals surface area contributed by atoms with Crippen LogP contribution in [0.15, 0.2) is 162 Å². The summed E-state index contributed by atoms with van der Waals surface area (Å²) in [5.41, 5.74) is 10.9. The zero-order valence-corrected chi connectivity index (χ0v) is 24.9. The van der Waals surface area contributed by atoms with Gasteiger partial charge in [0.15, 0.2) is 0 Å². The smallest absolute Gasteiger partial charge is 0.0714 e. The monoisotopic (exact) mass is 611 g/mol. The van der Waals surface area contributed by atoms with Crippen molar-refractivity contribution >= 4 is 48.5 Å². The lowest BCUT2D eigenvalue weighted by atomic mass is 9.67. The van der Waals surface area contributed by atoms with Crippen LogP contribution in [0.5, 0.6) is 0 Å². The van der Waals surface area contributed by atoms with Gasteiger partial charge in [-0.3, -0.25) is 0 Å². The molecule has 202 valence electrons. The fourth-order valence-corrected chi connectivity index (χ4v) is 8.02. The lowest BCUT2D eigenvalue weighted by Gasteiger charge is -2.34. The Kier molecular flexibility index (Phi) is 5.33. The van der Waals surface area contributed by atoms with Gasteiger partial charge in [-0.15, -0.1) is 0 Å². The largest absolute Gasteiger partial charge is 0.309 e. The summed E-state index contributed by atoms with van der Waals surface area (Å²) in [6, 6.07) is 58.0. The van der Waals surface area contributed by atoms with Crippen molar-refractivity contribution in [2.75, 3.05) is 0 Å². The topological polar surface area (TPSA) is 4.93 Å². The van der Waals surface area contributed by atoms with Gasteiger partial charge in [-0.25, -0.2) is 0 Å². The Bertz CT molecular complexity index is 2310. The molecule has 0 amide bonds. The molecule has 1 atom stereocenters. The van der Waals surface area contributed by atoms with E-state index in [1.807, 2.05) is 0 Å². The van der Waals surface area contributed by atoms with E-state index in [4.69, 9.17) is 0 Å². The van der Waals surface area contributed by atoms with Crippen LogP contribution in [0.2, 0.25) is 0 Å². The van der Waals surface area contributed by atoms with Gasteiger partial charge in [0.2, 0.25) is 0 Å². The number of hydrogen-bond acceptors (Lipinski definition) is 0. The van der Waals surface area contributed by atoms with Gasteiger partial charge in [0, 0.05) is 20.9 Å². The van der Waals surface area contributed by atoms with Crippen molar-refractivity contribution in [1.82, 2.24) is 4.57 Å². The molecule has 1 aliphatic carbocycles. The molecule has 1 nitrogen and oxygen atoms in total. The van der Waals surface area contributed by atoms with Crippen molar-refractivity contribution in [1.29, 1.82) is 0 Å². The van der Waals surface area contributed by atoms with Crippen LogP contribution < -0.4 is 0 Å². The normalized spacial score (nSPS) is 15.7. The number of benzene rings is 7. The Morgan fingerprint density at radius 3 is 1.86 bits per heavy atom. The van der Waals surface area contributed by atoms with E-state index in [-0.39, 0.29) is 0 Å². The molecule has 8 aromatic rings. The average molecular weight is 613 g/mol. The Balaban J connectivity index is 1.46. The SMILES string of the molecule is Brc1cccc(C2(c3ccccc3)c3cc(-n4c5ccccc5c5ccccc54)ccc3-c3c2ccc2ccccc32)c1. The van der Waals surface area contributed by atoms with Crippen LogP contribution in [0.3, 0.4) is 0 Å². The highest BCUT2D eigenvalue weighted by Gasteiger charge is 2.47. The average Bonchev–Trinajstić information content (AvgIpc) is 3.56. The molecule has 1 heterocycles. The molecule has 0 saturated carbocycles. The molecule has 43 heavy (non-hydrogen) atoms. The van der Waals surface area contributed by atoms with Crippen molar-refractivity contribution in [2.45, 2.75) is 5.41 Å². The number of rotatable bonds is 3. The Labute approximate surface area is 258 Å². The molecule has 9 rings (SSSR count). The van der Waals surface area contributed by atoms with Crippen molar-refractivity contribution in [3.8, 4) is 16.8 Å². The second kappa shape index (κ2) is 9.29. The maximum Gasteiger partial charge on any atom is 0.0714 e. The molecule has 0 spiro atoms. The van der Waals surface area contributed by atoms with Gasteiger partial charge in [-0.05, 0) is 80.6 Å². The van der Waals surface area contributed by atoms with E-state index in [0.717, 1.165) is 4.47 Å². The molecule has 0 N–H and O–H groups in total. The highest BCUT2D eigenvalue weighted by atomic mass is 79.9. The number of aromatic nitrogens is 1. The van der Waals surface area contributed by atoms with Crippen LogP contribution in [0.4, 0.5) is 0 Å². The van der Waals surface area contributed by atoms with Crippen molar-refractivity contribution < 1.29 is 0 Å². The standard InChI is InChI=1S/C41H26BrN/c42-30-15-10-14-29(25-30)41(28-12-2-1-3-13-28)36-24-21-27-11-4-5-16-32(27)40(36)35-23-22-31(26-37(35)41)43-38-19-8-6-17-33(38)34-18-7-9-20-39(34)43/h1-26H. The molecule has 0 bridgehead atoms. The van der Waals surface area contributed by atoms with Gasteiger partial charge in [0.05, 0.1) is 16.4 Å². The van der Waals surface area contributed by atoms with Gasteiger partial charge in [-0.2, -0.15) is 0 Å². The molecule has 2 heteroatoms. The first kappa shape index (κ1) is 24.7. The molecule has 0 radical (unpaired) electrons. The fraction of sp³-hybridized carbons (Fsp3) is 0.0244. The summed E-state index contributed by atoms with van der Waals surface area (Å²) in [6.45, 7) is 0. The van der Waals surface area contributed by atoms with Gasteiger partial charge in [0.25, 0.3) is 0 Å². The van der Waals surface area contributed by atoms with E-state index in [0.29, 0.717) is 0 Å². The Morgan fingerprint density at radius 1 is 0.465 bits per heavy atom. The molecule has 0 fully saturated rings. The van der Waals surface area contributed by atoms with Crippen LogP contribution in [0.25, 0.3) is 49.4 Å². The number of halogens is 1. The molecular formula is C41H26BrN. The van der Waals surface area contributed by atoms with Gasteiger partial charge < -0.3 is 4.57 Å². The predicted octanol–water partition coefficient (Wildman–Crippen LogP) is 11.1. The maximum atomic E-state index is 3.82. The number of hydrogen-bond donors (Lipinski definition) is 0. The second-order valence-electron chi connectivity index (χ2n) is 11.4. The molecule has 1 aromatic heterocycles. The summed E-state index contributed by atoms with van der Waals surface area (Å²) in [5, 5.41) is 5.10. The predicted molar refractivity (Wildman–Crippen MR) is 183 cm³/mol. The molecule has 0 saturated heterocycles. The van der Waals surface area contributed by atoms with Crippen LogP contribution in [-0.2, 0) is 5.41 Å². The molecule has 1 aliphatic rings. The Morgan fingerprint density at radius 2 is 1.12 bits per heavy atom. The lowest BCUT2D eigenvalue weighted by molar-refractivity contribution is 0.767. The lowest BCUT2D eigenvalue weighted by Crippen LogP contribution is -2.28. The van der Waals surface area contributed by atoms with Crippen LogP contribution >= 0.6 is 15.9 Å². The summed E-state index contributed by atoms with van der Waals surface area (Å²) in [5.74, 6) is 0. The third kappa shape index (κ3) is 3.39. The van der Waals surface area contributed by atoms with Crippen LogP contribution in [0.1, 0.15) is 22.3 Å². The van der Waals surface area contributed by atoms with Crippen LogP contribution in [0, 0.1) is 0 Å². The van der Waals surface area contributed by atoms with E-state index in [2.05, 4.69) is 178 Å². The summed E-state index contributed by atoms with van der Waals surface area (Å²) < 4.78 is 3.51. The summed E-state index contributed by atoms with van der Waals surface area (Å²) in [4.78, 5) is 0. The van der Waals surface area contributed by atoms with Gasteiger partial charge >= 0.3 is 0 Å². The van der Waals surface area contributed by atoms with Gasteiger partial charge in [0.1, 0.15) is 0 Å². The van der Waals surface area contributed by atoms with E-state index >= 15 is 0 Å². The first-order valence-electron chi connectivity index (χ1n) is 14.7. The summed E-state index contributed by atoms with van der Waals surface area (Å²) in [6.07, 6.45) is 0. The van der Waals surface area contributed by atoms with Crippen molar-refractivity contribution in [2.24, 2.45) is 0 Å². The fourth-order valence-electron chi connectivity index (χ4n) is 7.62. The third-order valence-electron chi connectivity index (χ3n) is 9.31. The highest BCUT2D eigenvalue weighted by Crippen LogP contribution is 2.58. The third-order valence-corrected chi connectivity index (χ3v) is 9.81. The minimum absolute atomic E-state index is 0.492. The van der Waals surface area contributed by atoms with E-state index in [1.54, 1.807) is 0 Å². The molecule has 7 aromatic carbocycles. The number of para-hydroxylation sites is 2. The molecular weight excluding hydrogens is 586 g/mol. The van der Waals surface area contributed by atoms with E-state index in [1.165, 1.54) is 71.6 Å². The minimum Gasteiger partial charge on any atom is -0.309 e. The summed E-state index contributed by atoms with van der Waals surface area (Å²) >= 11 is 3.82. The van der Waals surface area contributed by atoms with E-state index < -0.39 is 5.41 Å². The zero-order chi connectivity index (χ0) is 28.5. The minimum atomic E-state index is -0.492. The first-order chi connectivity index (χ1) is 21.2.